The summed E-state index contributed by atoms with van der Waals surface area (Å²) in [5.74, 6) is -0.316. The predicted molar refractivity (Wildman–Crippen MR) is 69.3 cm³/mol. The monoisotopic (exact) mass is 253 g/mol. The number of benzene rings is 1. The standard InChI is InChI=1S/C14H20FNO2/c1-9-8-18-10(2)7-16(9)14-5-4-12(15)6-13(14)11(3)17/h4-6,9-11,17H,7-8H2,1-3H3. The van der Waals surface area contributed by atoms with Gasteiger partial charge in [0.2, 0.25) is 0 Å². The zero-order valence-corrected chi connectivity index (χ0v) is 11.1. The van der Waals surface area contributed by atoms with Gasteiger partial charge in [-0.15, -0.1) is 0 Å². The lowest BCUT2D eigenvalue weighted by molar-refractivity contribution is 0.0341. The molecule has 1 N–H and O–H groups in total. The topological polar surface area (TPSA) is 32.7 Å². The molecule has 1 fully saturated rings. The van der Waals surface area contributed by atoms with Gasteiger partial charge in [0.25, 0.3) is 0 Å². The van der Waals surface area contributed by atoms with Crippen molar-refractivity contribution < 1.29 is 14.2 Å². The number of rotatable bonds is 2. The molecule has 1 aliphatic rings. The van der Waals surface area contributed by atoms with Crippen LogP contribution in [0.1, 0.15) is 32.4 Å². The van der Waals surface area contributed by atoms with Gasteiger partial charge in [-0.25, -0.2) is 4.39 Å². The van der Waals surface area contributed by atoms with Crippen molar-refractivity contribution in [2.75, 3.05) is 18.1 Å². The number of nitrogens with zero attached hydrogens (tertiary/aromatic N) is 1. The summed E-state index contributed by atoms with van der Waals surface area (Å²) in [5, 5.41) is 9.79. The van der Waals surface area contributed by atoms with Crippen LogP contribution < -0.4 is 4.90 Å². The molecule has 0 aromatic heterocycles. The van der Waals surface area contributed by atoms with Crippen molar-refractivity contribution in [2.24, 2.45) is 0 Å². The molecule has 3 unspecified atom stereocenters. The van der Waals surface area contributed by atoms with Gasteiger partial charge in [0.1, 0.15) is 5.82 Å². The number of aliphatic hydroxyl groups is 1. The molecule has 0 amide bonds. The maximum Gasteiger partial charge on any atom is 0.123 e. The fraction of sp³-hybridized carbons (Fsp3) is 0.571. The van der Waals surface area contributed by atoms with E-state index in [0.29, 0.717) is 12.2 Å². The first-order valence-corrected chi connectivity index (χ1v) is 6.34. The molecule has 1 aromatic rings. The SMILES string of the molecule is CC1CN(c2ccc(F)cc2C(C)O)C(C)CO1. The Morgan fingerprint density at radius 1 is 1.44 bits per heavy atom. The third-order valence-corrected chi connectivity index (χ3v) is 3.36. The van der Waals surface area contributed by atoms with E-state index in [2.05, 4.69) is 11.8 Å². The van der Waals surface area contributed by atoms with E-state index in [-0.39, 0.29) is 18.0 Å². The van der Waals surface area contributed by atoms with Crippen LogP contribution in [0.2, 0.25) is 0 Å². The number of ether oxygens (including phenoxy) is 1. The molecule has 0 bridgehead atoms. The highest BCUT2D eigenvalue weighted by atomic mass is 19.1. The largest absolute Gasteiger partial charge is 0.389 e. The van der Waals surface area contributed by atoms with Crippen LogP contribution in [0.4, 0.5) is 10.1 Å². The van der Waals surface area contributed by atoms with E-state index < -0.39 is 6.10 Å². The molecule has 18 heavy (non-hydrogen) atoms. The van der Waals surface area contributed by atoms with E-state index >= 15 is 0 Å². The van der Waals surface area contributed by atoms with Crippen molar-refractivity contribution in [2.45, 2.75) is 39.0 Å². The summed E-state index contributed by atoms with van der Waals surface area (Å²) in [5.41, 5.74) is 1.53. The summed E-state index contributed by atoms with van der Waals surface area (Å²) in [6.45, 7) is 7.16. The van der Waals surface area contributed by atoms with E-state index in [4.69, 9.17) is 4.74 Å². The van der Waals surface area contributed by atoms with Crippen LogP contribution in [0.3, 0.4) is 0 Å². The Bertz CT molecular complexity index is 422. The highest BCUT2D eigenvalue weighted by Gasteiger charge is 2.26. The highest BCUT2D eigenvalue weighted by molar-refractivity contribution is 5.56. The van der Waals surface area contributed by atoms with Crippen LogP contribution in [0, 0.1) is 5.82 Å². The normalized spacial score (nSPS) is 26.2. The first-order chi connectivity index (χ1) is 8.49. The van der Waals surface area contributed by atoms with Crippen LogP contribution in [-0.2, 0) is 4.74 Å². The van der Waals surface area contributed by atoms with Crippen molar-refractivity contribution in [3.05, 3.63) is 29.6 Å². The zero-order valence-electron chi connectivity index (χ0n) is 11.1. The molecule has 0 spiro atoms. The van der Waals surface area contributed by atoms with Gasteiger partial charge in [-0.3, -0.25) is 0 Å². The molecule has 4 heteroatoms. The minimum Gasteiger partial charge on any atom is -0.389 e. The minimum absolute atomic E-state index is 0.146. The fourth-order valence-electron chi connectivity index (χ4n) is 2.36. The van der Waals surface area contributed by atoms with Gasteiger partial charge in [-0.2, -0.15) is 0 Å². The molecular formula is C14H20FNO2. The Morgan fingerprint density at radius 2 is 2.17 bits per heavy atom. The lowest BCUT2D eigenvalue weighted by Gasteiger charge is -2.39. The zero-order chi connectivity index (χ0) is 13.3. The molecular weight excluding hydrogens is 233 g/mol. The van der Waals surface area contributed by atoms with Crippen molar-refractivity contribution >= 4 is 5.69 Å². The second kappa shape index (κ2) is 5.24. The fourth-order valence-corrected chi connectivity index (χ4v) is 2.36. The number of hydrogen-bond donors (Lipinski definition) is 1. The highest BCUT2D eigenvalue weighted by Crippen LogP contribution is 2.30. The summed E-state index contributed by atoms with van der Waals surface area (Å²) in [6, 6.07) is 4.82. The molecule has 1 heterocycles. The average Bonchev–Trinajstić information content (AvgIpc) is 2.32. The van der Waals surface area contributed by atoms with Crippen LogP contribution >= 0.6 is 0 Å². The first kappa shape index (κ1) is 13.3. The Kier molecular flexibility index (Phi) is 3.88. The number of hydrogen-bond acceptors (Lipinski definition) is 3. The van der Waals surface area contributed by atoms with E-state index in [0.717, 1.165) is 12.2 Å². The summed E-state index contributed by atoms with van der Waals surface area (Å²) in [7, 11) is 0. The average molecular weight is 253 g/mol. The summed E-state index contributed by atoms with van der Waals surface area (Å²) in [6.07, 6.45) is -0.533. The minimum atomic E-state index is -0.680. The summed E-state index contributed by atoms with van der Waals surface area (Å²) in [4.78, 5) is 2.18. The quantitative estimate of drug-likeness (QED) is 0.879. The molecule has 1 saturated heterocycles. The molecule has 3 atom stereocenters. The van der Waals surface area contributed by atoms with Crippen molar-refractivity contribution in [3.8, 4) is 0 Å². The molecule has 2 rings (SSSR count). The Hall–Kier alpha value is -1.13. The molecule has 3 nitrogen and oxygen atoms in total. The lowest BCUT2D eigenvalue weighted by atomic mass is 10.0. The third kappa shape index (κ3) is 2.65. The molecule has 0 saturated carbocycles. The van der Waals surface area contributed by atoms with E-state index in [1.807, 2.05) is 6.92 Å². The van der Waals surface area contributed by atoms with Crippen LogP contribution in [0.25, 0.3) is 0 Å². The Balaban J connectivity index is 2.36. The molecule has 1 aliphatic heterocycles. The van der Waals surface area contributed by atoms with E-state index in [1.165, 1.54) is 12.1 Å². The van der Waals surface area contributed by atoms with Gasteiger partial charge in [0.05, 0.1) is 18.8 Å². The van der Waals surface area contributed by atoms with Gasteiger partial charge in [0, 0.05) is 23.8 Å². The van der Waals surface area contributed by atoms with Crippen molar-refractivity contribution in [3.63, 3.8) is 0 Å². The third-order valence-electron chi connectivity index (χ3n) is 3.36. The van der Waals surface area contributed by atoms with Gasteiger partial charge >= 0.3 is 0 Å². The number of morpholine rings is 1. The van der Waals surface area contributed by atoms with Crippen LogP contribution in [-0.4, -0.2) is 30.4 Å². The van der Waals surface area contributed by atoms with E-state index in [9.17, 15) is 9.50 Å². The summed E-state index contributed by atoms with van der Waals surface area (Å²) >= 11 is 0. The number of anilines is 1. The molecule has 0 radical (unpaired) electrons. The van der Waals surface area contributed by atoms with Gasteiger partial charge in [0.15, 0.2) is 0 Å². The van der Waals surface area contributed by atoms with Crippen molar-refractivity contribution in [1.82, 2.24) is 0 Å². The second-order valence-corrected chi connectivity index (χ2v) is 5.02. The van der Waals surface area contributed by atoms with Crippen LogP contribution in [0.15, 0.2) is 18.2 Å². The smallest absolute Gasteiger partial charge is 0.123 e. The van der Waals surface area contributed by atoms with Gasteiger partial charge in [-0.05, 0) is 39.0 Å². The van der Waals surface area contributed by atoms with Gasteiger partial charge in [-0.1, -0.05) is 0 Å². The maximum atomic E-state index is 13.3. The Morgan fingerprint density at radius 3 is 2.83 bits per heavy atom. The van der Waals surface area contributed by atoms with Crippen molar-refractivity contribution in [1.29, 1.82) is 0 Å². The number of aliphatic hydroxyl groups excluding tert-OH is 1. The Labute approximate surface area is 107 Å². The molecule has 1 aromatic carbocycles. The molecule has 0 aliphatic carbocycles. The maximum absolute atomic E-state index is 13.3. The second-order valence-electron chi connectivity index (χ2n) is 5.02. The summed E-state index contributed by atoms with van der Waals surface area (Å²) < 4.78 is 18.9. The molecule has 100 valence electrons. The lowest BCUT2D eigenvalue weighted by Crippen LogP contribution is -2.47. The number of halogens is 1. The predicted octanol–water partition coefficient (Wildman–Crippen LogP) is 2.49. The van der Waals surface area contributed by atoms with Gasteiger partial charge < -0.3 is 14.7 Å². The first-order valence-electron chi connectivity index (χ1n) is 6.34. The van der Waals surface area contributed by atoms with Crippen LogP contribution in [0.5, 0.6) is 0 Å². The van der Waals surface area contributed by atoms with E-state index in [1.54, 1.807) is 13.0 Å².